The number of carbonyl (C=O) groups is 1. The molecular formula is C31H34ClFN6O6. The van der Waals surface area contributed by atoms with Crippen molar-refractivity contribution in [3.05, 3.63) is 79.1 Å². The molecule has 45 heavy (non-hydrogen) atoms. The van der Waals surface area contributed by atoms with Crippen LogP contribution < -0.4 is 15.6 Å². The van der Waals surface area contributed by atoms with E-state index in [0.29, 0.717) is 16.9 Å². The molecule has 238 valence electrons. The van der Waals surface area contributed by atoms with Crippen LogP contribution in [0.1, 0.15) is 51.8 Å². The number of aryl methyl sites for hydroxylation is 1. The SMILES string of the molecule is COc1cccc(F)c1-c1nc2c(cc1Cl)c(NCCN(C(=O)O)C(C)(C)C)c([N+](=O)[O-])c(=O)n2-c1c(C)ccnc1C(C)C. The van der Waals surface area contributed by atoms with E-state index in [1.807, 2.05) is 13.8 Å². The van der Waals surface area contributed by atoms with Crippen LogP contribution in [0.25, 0.3) is 28.0 Å². The van der Waals surface area contributed by atoms with Gasteiger partial charge in [0.25, 0.3) is 0 Å². The highest BCUT2D eigenvalue weighted by Gasteiger charge is 2.32. The van der Waals surface area contributed by atoms with Gasteiger partial charge in [0.1, 0.15) is 17.3 Å². The number of benzene rings is 1. The van der Waals surface area contributed by atoms with E-state index < -0.39 is 33.6 Å². The van der Waals surface area contributed by atoms with Crippen molar-refractivity contribution >= 4 is 40.1 Å². The Labute approximate surface area is 263 Å². The summed E-state index contributed by atoms with van der Waals surface area (Å²) in [5, 5.41) is 25.2. The highest BCUT2D eigenvalue weighted by atomic mass is 35.5. The molecule has 0 saturated heterocycles. The molecule has 0 aliphatic rings. The molecule has 14 heteroatoms. The van der Waals surface area contributed by atoms with Crippen LogP contribution in [-0.4, -0.2) is 61.3 Å². The van der Waals surface area contributed by atoms with Crippen LogP contribution >= 0.6 is 11.6 Å². The highest BCUT2D eigenvalue weighted by Crippen LogP contribution is 2.40. The van der Waals surface area contributed by atoms with Crippen LogP contribution in [0.4, 0.5) is 20.6 Å². The van der Waals surface area contributed by atoms with Crippen LogP contribution in [0.3, 0.4) is 0 Å². The summed E-state index contributed by atoms with van der Waals surface area (Å²) in [7, 11) is 1.36. The molecule has 3 aromatic heterocycles. The zero-order chi connectivity index (χ0) is 33.4. The molecule has 0 spiro atoms. The minimum Gasteiger partial charge on any atom is -0.496 e. The zero-order valence-corrected chi connectivity index (χ0v) is 26.7. The summed E-state index contributed by atoms with van der Waals surface area (Å²) in [5.41, 5.74) is -1.58. The summed E-state index contributed by atoms with van der Waals surface area (Å²) in [6, 6.07) is 7.24. The van der Waals surface area contributed by atoms with Crippen molar-refractivity contribution in [1.82, 2.24) is 19.4 Å². The van der Waals surface area contributed by atoms with Crippen molar-refractivity contribution in [3.63, 3.8) is 0 Å². The maximum Gasteiger partial charge on any atom is 0.407 e. The number of ether oxygens (including phenoxy) is 1. The lowest BCUT2D eigenvalue weighted by atomic mass is 10.0. The fourth-order valence-corrected chi connectivity index (χ4v) is 5.45. The van der Waals surface area contributed by atoms with E-state index in [1.165, 1.54) is 31.4 Å². The number of hydrogen-bond acceptors (Lipinski definition) is 8. The number of amides is 1. The van der Waals surface area contributed by atoms with Crippen molar-refractivity contribution in [2.45, 2.75) is 53.0 Å². The predicted molar refractivity (Wildman–Crippen MR) is 171 cm³/mol. The smallest absolute Gasteiger partial charge is 0.407 e. The molecule has 12 nitrogen and oxygen atoms in total. The van der Waals surface area contributed by atoms with Crippen molar-refractivity contribution in [3.8, 4) is 22.7 Å². The third kappa shape index (κ3) is 6.25. The van der Waals surface area contributed by atoms with Gasteiger partial charge in [-0.05, 0) is 63.4 Å². The number of fused-ring (bicyclic) bond motifs is 1. The number of pyridine rings is 3. The van der Waals surface area contributed by atoms with E-state index >= 15 is 4.39 Å². The van der Waals surface area contributed by atoms with Gasteiger partial charge < -0.3 is 20.1 Å². The van der Waals surface area contributed by atoms with Crippen molar-refractivity contribution in [1.29, 1.82) is 0 Å². The maximum absolute atomic E-state index is 15.3. The number of nitro groups is 1. The predicted octanol–water partition coefficient (Wildman–Crippen LogP) is 6.78. The summed E-state index contributed by atoms with van der Waals surface area (Å²) in [6.07, 6.45) is 0.398. The molecule has 0 aliphatic carbocycles. The Morgan fingerprint density at radius 2 is 1.98 bits per heavy atom. The van der Waals surface area contributed by atoms with Gasteiger partial charge in [-0.3, -0.25) is 24.5 Å². The number of nitrogens with one attached hydrogen (secondary N) is 1. The second kappa shape index (κ2) is 12.7. The first-order chi connectivity index (χ1) is 21.1. The summed E-state index contributed by atoms with van der Waals surface area (Å²) in [4.78, 5) is 48.2. The monoisotopic (exact) mass is 640 g/mol. The Balaban J connectivity index is 2.13. The van der Waals surface area contributed by atoms with Gasteiger partial charge in [0, 0.05) is 30.2 Å². The second-order valence-corrected chi connectivity index (χ2v) is 12.1. The van der Waals surface area contributed by atoms with Crippen molar-refractivity contribution in [2.75, 3.05) is 25.5 Å². The molecule has 0 saturated carbocycles. The number of halogens is 2. The van der Waals surface area contributed by atoms with Gasteiger partial charge >= 0.3 is 17.3 Å². The van der Waals surface area contributed by atoms with Crippen LogP contribution in [0.15, 0.2) is 41.3 Å². The summed E-state index contributed by atoms with van der Waals surface area (Å²) in [6.45, 7) is 10.5. The van der Waals surface area contributed by atoms with E-state index in [-0.39, 0.29) is 57.8 Å². The molecule has 0 aliphatic heterocycles. The lowest BCUT2D eigenvalue weighted by Crippen LogP contribution is -2.47. The summed E-state index contributed by atoms with van der Waals surface area (Å²) < 4.78 is 21.8. The number of rotatable bonds is 9. The minimum atomic E-state index is -1.18. The lowest BCUT2D eigenvalue weighted by molar-refractivity contribution is -0.385. The molecule has 1 amide bonds. The molecule has 0 bridgehead atoms. The second-order valence-electron chi connectivity index (χ2n) is 11.7. The van der Waals surface area contributed by atoms with Gasteiger partial charge in [0.05, 0.1) is 39.7 Å². The third-order valence-electron chi connectivity index (χ3n) is 7.30. The van der Waals surface area contributed by atoms with E-state index in [0.717, 1.165) is 9.47 Å². The molecule has 1 aromatic carbocycles. The van der Waals surface area contributed by atoms with E-state index in [9.17, 15) is 24.8 Å². The summed E-state index contributed by atoms with van der Waals surface area (Å²) in [5.74, 6) is -0.751. The molecule has 3 heterocycles. The van der Waals surface area contributed by atoms with Gasteiger partial charge in [-0.15, -0.1) is 0 Å². The van der Waals surface area contributed by atoms with E-state index in [2.05, 4.69) is 15.3 Å². The Kier molecular flexibility index (Phi) is 9.33. The van der Waals surface area contributed by atoms with E-state index in [1.54, 1.807) is 40.0 Å². The number of aromatic nitrogens is 3. The molecular weight excluding hydrogens is 607 g/mol. The van der Waals surface area contributed by atoms with Gasteiger partial charge in [0.15, 0.2) is 5.65 Å². The topological polar surface area (TPSA) is 153 Å². The first kappa shape index (κ1) is 33.1. The number of carboxylic acid groups (broad SMARTS) is 1. The first-order valence-electron chi connectivity index (χ1n) is 14.1. The minimum absolute atomic E-state index is 0.0514. The van der Waals surface area contributed by atoms with Crippen LogP contribution in [0, 0.1) is 22.9 Å². The first-order valence-corrected chi connectivity index (χ1v) is 14.4. The fourth-order valence-electron chi connectivity index (χ4n) is 5.20. The quantitative estimate of drug-likeness (QED) is 0.149. The molecule has 0 radical (unpaired) electrons. The molecule has 0 unspecified atom stereocenters. The fraction of sp³-hybridized carbons (Fsp3) is 0.355. The summed E-state index contributed by atoms with van der Waals surface area (Å²) >= 11 is 6.71. The molecule has 4 aromatic rings. The number of anilines is 1. The van der Waals surface area contributed by atoms with Crippen LogP contribution in [-0.2, 0) is 0 Å². The Morgan fingerprint density at radius 1 is 1.29 bits per heavy atom. The molecule has 2 N–H and O–H groups in total. The van der Waals surface area contributed by atoms with Crippen molar-refractivity contribution < 1.29 is 24.0 Å². The zero-order valence-electron chi connectivity index (χ0n) is 25.9. The largest absolute Gasteiger partial charge is 0.496 e. The number of hydrogen-bond donors (Lipinski definition) is 2. The average Bonchev–Trinajstić information content (AvgIpc) is 2.94. The number of methoxy groups -OCH3 is 1. The van der Waals surface area contributed by atoms with Gasteiger partial charge in [-0.2, -0.15) is 0 Å². The van der Waals surface area contributed by atoms with Gasteiger partial charge in [-0.1, -0.05) is 31.5 Å². The van der Waals surface area contributed by atoms with Gasteiger partial charge in [-0.25, -0.2) is 14.2 Å². The van der Waals surface area contributed by atoms with Gasteiger partial charge in [0.2, 0.25) is 0 Å². The highest BCUT2D eigenvalue weighted by molar-refractivity contribution is 6.34. The lowest BCUT2D eigenvalue weighted by Gasteiger charge is -2.33. The normalized spacial score (nSPS) is 11.6. The average molecular weight is 641 g/mol. The van der Waals surface area contributed by atoms with Crippen LogP contribution in [0.2, 0.25) is 5.02 Å². The maximum atomic E-state index is 15.3. The Morgan fingerprint density at radius 3 is 2.56 bits per heavy atom. The molecule has 0 fully saturated rings. The molecule has 0 atom stereocenters. The number of nitrogens with zero attached hydrogens (tertiary/aromatic N) is 5. The molecule has 4 rings (SSSR count). The van der Waals surface area contributed by atoms with Crippen molar-refractivity contribution in [2.24, 2.45) is 0 Å². The standard InChI is InChI=1S/C31H34ClFN6O6/c1-16(2)23-26(17(3)11-12-34-23)38-28-18(15-19(32)25(36-28)22-20(33)9-8-10-21(22)45-7)24(27(29(38)40)39(43)44)35-13-14-37(30(41)42)31(4,5)6/h8-12,15-16,35H,13-14H2,1-7H3,(H,41,42). The Hall–Kier alpha value is -4.78. The third-order valence-corrected chi connectivity index (χ3v) is 7.58. The Bertz CT molecular complexity index is 1870. The van der Waals surface area contributed by atoms with E-state index in [4.69, 9.17) is 16.3 Å². The van der Waals surface area contributed by atoms with Crippen LogP contribution in [0.5, 0.6) is 5.75 Å².